The van der Waals surface area contributed by atoms with Gasteiger partial charge in [-0.1, -0.05) is 6.07 Å². The molecule has 1 aromatic carbocycles. The topological polar surface area (TPSA) is 78.0 Å². The largest absolute Gasteiger partial charge is 0.369 e. The number of hydrogen-bond donors (Lipinski definition) is 1. The molecule has 1 fully saturated rings. The summed E-state index contributed by atoms with van der Waals surface area (Å²) in [4.78, 5) is 4.53. The number of fused-ring (bicyclic) bond motifs is 1. The highest BCUT2D eigenvalue weighted by Crippen LogP contribution is 2.34. The van der Waals surface area contributed by atoms with Crippen molar-refractivity contribution in [1.29, 1.82) is 0 Å². The van der Waals surface area contributed by atoms with Crippen LogP contribution >= 0.6 is 11.8 Å². The molecule has 0 radical (unpaired) electrons. The summed E-state index contributed by atoms with van der Waals surface area (Å²) in [5.74, 6) is 2.51. The normalized spacial score (nSPS) is 20.2. The van der Waals surface area contributed by atoms with Gasteiger partial charge in [0.2, 0.25) is 5.95 Å². The van der Waals surface area contributed by atoms with Crippen molar-refractivity contribution in [2.24, 2.45) is 0 Å². The van der Waals surface area contributed by atoms with E-state index >= 15 is 0 Å². The van der Waals surface area contributed by atoms with Crippen molar-refractivity contribution in [2.75, 3.05) is 23.5 Å². The van der Waals surface area contributed by atoms with E-state index in [0.29, 0.717) is 17.5 Å². The van der Waals surface area contributed by atoms with Gasteiger partial charge in [0, 0.05) is 18.1 Å². The van der Waals surface area contributed by atoms with Crippen LogP contribution in [0.3, 0.4) is 0 Å². The van der Waals surface area contributed by atoms with Crippen molar-refractivity contribution in [2.45, 2.75) is 17.4 Å². The van der Waals surface area contributed by atoms with Crippen molar-refractivity contribution in [3.8, 4) is 0 Å². The molecule has 0 bridgehead atoms. The van der Waals surface area contributed by atoms with E-state index in [-0.39, 0.29) is 4.90 Å². The summed E-state index contributed by atoms with van der Waals surface area (Å²) in [6, 6.07) is 5.52. The van der Waals surface area contributed by atoms with Gasteiger partial charge in [0.05, 0.1) is 10.4 Å². The third-order valence-electron chi connectivity index (χ3n) is 3.38. The molecule has 1 atom stereocenters. The number of sulfone groups is 1. The average molecular weight is 297 g/mol. The second kappa shape index (κ2) is 4.42. The van der Waals surface area contributed by atoms with Crippen LogP contribution in [0.4, 0.5) is 5.95 Å². The predicted octanol–water partition coefficient (Wildman–Crippen LogP) is 1.70. The lowest BCUT2D eigenvalue weighted by Crippen LogP contribution is -2.10. The first-order valence-electron chi connectivity index (χ1n) is 6.02. The molecule has 1 aliphatic heterocycles. The fraction of sp³-hybridized carbons (Fsp3) is 0.417. The van der Waals surface area contributed by atoms with Crippen molar-refractivity contribution < 1.29 is 8.42 Å². The molecular formula is C12H15N3O2S2. The highest BCUT2D eigenvalue weighted by Gasteiger charge is 2.24. The van der Waals surface area contributed by atoms with E-state index < -0.39 is 9.84 Å². The van der Waals surface area contributed by atoms with Crippen molar-refractivity contribution in [1.82, 2.24) is 9.55 Å². The Balaban J connectivity index is 2.28. The summed E-state index contributed by atoms with van der Waals surface area (Å²) in [6.07, 6.45) is 2.24. The van der Waals surface area contributed by atoms with E-state index in [0.717, 1.165) is 23.4 Å². The number of nitrogen functional groups attached to an aromatic ring is 1. The molecule has 5 nitrogen and oxygen atoms in total. The molecule has 1 saturated heterocycles. The Hall–Kier alpha value is -1.21. The number of nitrogens with two attached hydrogens (primary N) is 1. The molecule has 2 heterocycles. The lowest BCUT2D eigenvalue weighted by Gasteiger charge is -2.13. The Labute approximate surface area is 116 Å². The third-order valence-corrected chi connectivity index (χ3v) is 5.65. The molecule has 19 heavy (non-hydrogen) atoms. The lowest BCUT2D eigenvalue weighted by molar-refractivity contribution is 0.583. The quantitative estimate of drug-likeness (QED) is 0.913. The zero-order chi connectivity index (χ0) is 13.6. The van der Waals surface area contributed by atoms with E-state index in [2.05, 4.69) is 4.98 Å². The second-order valence-corrected chi connectivity index (χ2v) is 7.89. The molecule has 0 aliphatic carbocycles. The van der Waals surface area contributed by atoms with E-state index in [1.165, 1.54) is 6.26 Å². The summed E-state index contributed by atoms with van der Waals surface area (Å²) in [5.41, 5.74) is 7.29. The van der Waals surface area contributed by atoms with Crippen LogP contribution in [0.25, 0.3) is 11.0 Å². The Kier molecular flexibility index (Phi) is 2.98. The standard InChI is InChI=1S/C12H15N3O2S2/c1-19(16,17)10-4-2-3-9-11(10)14-12(13)15(9)8-5-6-18-7-8/h2-4,8H,5-7H2,1H3,(H2,13,14). The van der Waals surface area contributed by atoms with Gasteiger partial charge in [-0.05, 0) is 24.3 Å². The number of aromatic nitrogens is 2. The van der Waals surface area contributed by atoms with E-state index in [9.17, 15) is 8.42 Å². The smallest absolute Gasteiger partial charge is 0.201 e. The van der Waals surface area contributed by atoms with Gasteiger partial charge in [-0.2, -0.15) is 11.8 Å². The fourth-order valence-electron chi connectivity index (χ4n) is 2.52. The van der Waals surface area contributed by atoms with Crippen molar-refractivity contribution in [3.63, 3.8) is 0 Å². The molecule has 2 aromatic rings. The van der Waals surface area contributed by atoms with Crippen LogP contribution in [-0.4, -0.2) is 35.7 Å². The monoisotopic (exact) mass is 297 g/mol. The maximum absolute atomic E-state index is 11.8. The lowest BCUT2D eigenvalue weighted by atomic mass is 10.2. The highest BCUT2D eigenvalue weighted by molar-refractivity contribution is 7.99. The van der Waals surface area contributed by atoms with E-state index in [4.69, 9.17) is 5.73 Å². The summed E-state index contributed by atoms with van der Waals surface area (Å²) in [7, 11) is -3.29. The number of imidazole rings is 1. The summed E-state index contributed by atoms with van der Waals surface area (Å²) >= 11 is 1.89. The molecule has 1 aromatic heterocycles. The SMILES string of the molecule is CS(=O)(=O)c1cccc2c1nc(N)n2C1CCSC1. The molecule has 0 spiro atoms. The predicted molar refractivity (Wildman–Crippen MR) is 78.2 cm³/mol. The van der Waals surface area contributed by atoms with Crippen molar-refractivity contribution >= 4 is 38.6 Å². The van der Waals surface area contributed by atoms with Crippen LogP contribution in [0.15, 0.2) is 23.1 Å². The Morgan fingerprint density at radius 1 is 1.47 bits per heavy atom. The Bertz CT molecular complexity index is 731. The Morgan fingerprint density at radius 3 is 2.89 bits per heavy atom. The average Bonchev–Trinajstić information content (AvgIpc) is 2.92. The molecule has 102 valence electrons. The summed E-state index contributed by atoms with van der Waals surface area (Å²) in [6.45, 7) is 0. The van der Waals surface area contributed by atoms with Gasteiger partial charge in [0.15, 0.2) is 9.84 Å². The molecule has 0 amide bonds. The molecule has 1 unspecified atom stereocenters. The highest BCUT2D eigenvalue weighted by atomic mass is 32.2. The van der Waals surface area contributed by atoms with Gasteiger partial charge >= 0.3 is 0 Å². The zero-order valence-electron chi connectivity index (χ0n) is 10.5. The number of hydrogen-bond acceptors (Lipinski definition) is 5. The van der Waals surface area contributed by atoms with Crippen LogP contribution in [-0.2, 0) is 9.84 Å². The second-order valence-electron chi connectivity index (χ2n) is 4.75. The molecule has 2 N–H and O–H groups in total. The van der Waals surface area contributed by atoms with Gasteiger partial charge in [-0.15, -0.1) is 0 Å². The van der Waals surface area contributed by atoms with Crippen molar-refractivity contribution in [3.05, 3.63) is 18.2 Å². The first kappa shape index (κ1) is 12.8. The molecular weight excluding hydrogens is 282 g/mol. The van der Waals surface area contributed by atoms with Crippen LogP contribution in [0.1, 0.15) is 12.5 Å². The first-order chi connectivity index (χ1) is 8.98. The van der Waals surface area contributed by atoms with Gasteiger partial charge < -0.3 is 10.3 Å². The number of nitrogens with zero attached hydrogens (tertiary/aromatic N) is 2. The number of anilines is 1. The maximum atomic E-state index is 11.8. The molecule has 3 rings (SSSR count). The van der Waals surface area contributed by atoms with Gasteiger partial charge in [-0.3, -0.25) is 0 Å². The molecule has 0 saturated carbocycles. The van der Waals surface area contributed by atoms with Crippen LogP contribution in [0.5, 0.6) is 0 Å². The third kappa shape index (κ3) is 2.10. The van der Waals surface area contributed by atoms with Crippen LogP contribution < -0.4 is 5.73 Å². The van der Waals surface area contributed by atoms with E-state index in [1.807, 2.05) is 22.4 Å². The van der Waals surface area contributed by atoms with Gasteiger partial charge in [0.1, 0.15) is 5.52 Å². The minimum atomic E-state index is -3.29. The number of thioether (sulfide) groups is 1. The summed E-state index contributed by atoms with van der Waals surface area (Å²) in [5, 5.41) is 0. The van der Waals surface area contributed by atoms with Crippen LogP contribution in [0, 0.1) is 0 Å². The van der Waals surface area contributed by atoms with Gasteiger partial charge in [0.25, 0.3) is 0 Å². The minimum Gasteiger partial charge on any atom is -0.369 e. The van der Waals surface area contributed by atoms with Gasteiger partial charge in [-0.25, -0.2) is 13.4 Å². The molecule has 7 heteroatoms. The summed E-state index contributed by atoms with van der Waals surface area (Å²) < 4.78 is 25.6. The first-order valence-corrected chi connectivity index (χ1v) is 9.07. The molecule has 1 aliphatic rings. The Morgan fingerprint density at radius 2 is 2.26 bits per heavy atom. The van der Waals surface area contributed by atoms with E-state index in [1.54, 1.807) is 12.1 Å². The number of rotatable bonds is 2. The fourth-order valence-corrected chi connectivity index (χ4v) is 4.54. The van der Waals surface area contributed by atoms with Crippen LogP contribution in [0.2, 0.25) is 0 Å². The zero-order valence-corrected chi connectivity index (χ0v) is 12.2. The maximum Gasteiger partial charge on any atom is 0.201 e. The minimum absolute atomic E-state index is 0.251. The number of para-hydroxylation sites is 1. The number of benzene rings is 1.